The van der Waals surface area contributed by atoms with Gasteiger partial charge in [0.25, 0.3) is 11.5 Å². The highest BCUT2D eigenvalue weighted by molar-refractivity contribution is 6.10. The topological polar surface area (TPSA) is 65.8 Å². The SMILES string of the molecule is CN(C)c1ccc(N(C)C(=O)c2c(O)c3cccc4c3n(c2=O)CC4)cc1. The highest BCUT2D eigenvalue weighted by Crippen LogP contribution is 2.33. The second-order valence-electron chi connectivity index (χ2n) is 7.02. The van der Waals surface area contributed by atoms with Gasteiger partial charge in [-0.2, -0.15) is 0 Å². The van der Waals surface area contributed by atoms with Gasteiger partial charge in [0.05, 0.1) is 5.52 Å². The number of nitrogens with zero attached hydrogens (tertiary/aromatic N) is 3. The smallest absolute Gasteiger partial charge is 0.267 e. The molecule has 1 aliphatic rings. The molecule has 0 bridgehead atoms. The molecule has 0 unspecified atom stereocenters. The zero-order valence-corrected chi connectivity index (χ0v) is 15.6. The Hall–Kier alpha value is -3.28. The van der Waals surface area contributed by atoms with Crippen LogP contribution in [0.5, 0.6) is 5.75 Å². The van der Waals surface area contributed by atoms with Crippen LogP contribution in [0, 0.1) is 0 Å². The Labute approximate surface area is 156 Å². The van der Waals surface area contributed by atoms with E-state index in [0.29, 0.717) is 17.6 Å². The van der Waals surface area contributed by atoms with Gasteiger partial charge in [0, 0.05) is 44.4 Å². The standard InChI is InChI=1S/C21H21N3O3/c1-22(2)14-7-9-15(10-8-14)23(3)20(26)17-19(25)16-6-4-5-13-11-12-24(18(13)16)21(17)27/h4-10,25H,11-12H2,1-3H3. The quantitative estimate of drug-likeness (QED) is 0.777. The zero-order valence-electron chi connectivity index (χ0n) is 15.6. The normalized spacial score (nSPS) is 12.4. The van der Waals surface area contributed by atoms with E-state index in [2.05, 4.69) is 0 Å². The van der Waals surface area contributed by atoms with E-state index in [1.165, 1.54) is 4.90 Å². The molecule has 138 valence electrons. The third kappa shape index (κ3) is 2.56. The second kappa shape index (κ2) is 6.16. The fraction of sp³-hybridized carbons (Fsp3) is 0.238. The number of rotatable bonds is 3. The number of aromatic nitrogens is 1. The van der Waals surface area contributed by atoms with E-state index >= 15 is 0 Å². The monoisotopic (exact) mass is 363 g/mol. The second-order valence-corrected chi connectivity index (χ2v) is 7.02. The summed E-state index contributed by atoms with van der Waals surface area (Å²) in [5, 5.41) is 11.3. The van der Waals surface area contributed by atoms with Crippen LogP contribution in [0.3, 0.4) is 0 Å². The first-order chi connectivity index (χ1) is 12.9. The molecule has 6 heteroatoms. The Balaban J connectivity index is 1.81. The molecule has 4 rings (SSSR count). The first-order valence-corrected chi connectivity index (χ1v) is 8.83. The predicted octanol–water partition coefficient (Wildman–Crippen LogP) is 2.61. The molecule has 0 saturated heterocycles. The van der Waals surface area contributed by atoms with Gasteiger partial charge in [0.15, 0.2) is 0 Å². The summed E-state index contributed by atoms with van der Waals surface area (Å²) >= 11 is 0. The van der Waals surface area contributed by atoms with Gasteiger partial charge < -0.3 is 19.5 Å². The van der Waals surface area contributed by atoms with Crippen LogP contribution in [0.25, 0.3) is 10.9 Å². The fourth-order valence-electron chi connectivity index (χ4n) is 3.67. The number of benzene rings is 2. The maximum absolute atomic E-state index is 13.1. The van der Waals surface area contributed by atoms with E-state index in [0.717, 1.165) is 23.2 Å². The van der Waals surface area contributed by atoms with Crippen LogP contribution in [-0.4, -0.2) is 36.7 Å². The molecule has 0 aliphatic carbocycles. The summed E-state index contributed by atoms with van der Waals surface area (Å²) in [6.45, 7) is 0.524. The van der Waals surface area contributed by atoms with Gasteiger partial charge in [-0.25, -0.2) is 0 Å². The van der Waals surface area contributed by atoms with Crippen molar-refractivity contribution in [2.75, 3.05) is 30.9 Å². The number of hydrogen-bond donors (Lipinski definition) is 1. The Morgan fingerprint density at radius 1 is 1.04 bits per heavy atom. The van der Waals surface area contributed by atoms with Gasteiger partial charge in [-0.3, -0.25) is 9.59 Å². The molecule has 1 N–H and O–H groups in total. The van der Waals surface area contributed by atoms with Crippen LogP contribution >= 0.6 is 0 Å². The number of carbonyl (C=O) groups is 1. The van der Waals surface area contributed by atoms with Crippen molar-refractivity contribution in [1.29, 1.82) is 0 Å². The maximum atomic E-state index is 13.1. The van der Waals surface area contributed by atoms with E-state index < -0.39 is 11.5 Å². The molecular weight excluding hydrogens is 342 g/mol. The molecule has 0 spiro atoms. The lowest BCUT2D eigenvalue weighted by Crippen LogP contribution is -2.34. The minimum atomic E-state index is -0.516. The van der Waals surface area contributed by atoms with Crippen LogP contribution in [0.2, 0.25) is 0 Å². The number of aromatic hydroxyl groups is 1. The lowest BCUT2D eigenvalue weighted by Gasteiger charge is -2.20. The van der Waals surface area contributed by atoms with Gasteiger partial charge in [-0.05, 0) is 42.3 Å². The van der Waals surface area contributed by atoms with Crippen molar-refractivity contribution in [3.8, 4) is 5.75 Å². The lowest BCUT2D eigenvalue weighted by molar-refractivity contribution is 0.0988. The lowest BCUT2D eigenvalue weighted by atomic mass is 10.1. The van der Waals surface area contributed by atoms with Crippen molar-refractivity contribution in [1.82, 2.24) is 4.57 Å². The average Bonchev–Trinajstić information content (AvgIpc) is 3.11. The van der Waals surface area contributed by atoms with E-state index in [-0.39, 0.29) is 11.3 Å². The number of carbonyl (C=O) groups excluding carboxylic acids is 1. The van der Waals surface area contributed by atoms with Crippen LogP contribution in [0.1, 0.15) is 15.9 Å². The highest BCUT2D eigenvalue weighted by Gasteiger charge is 2.28. The van der Waals surface area contributed by atoms with Gasteiger partial charge in [0.2, 0.25) is 0 Å². The van der Waals surface area contributed by atoms with Crippen molar-refractivity contribution in [2.24, 2.45) is 0 Å². The Morgan fingerprint density at radius 3 is 2.37 bits per heavy atom. The number of anilines is 2. The van der Waals surface area contributed by atoms with Crippen LogP contribution in [0.4, 0.5) is 11.4 Å². The molecule has 27 heavy (non-hydrogen) atoms. The summed E-state index contributed by atoms with van der Waals surface area (Å²) in [5.74, 6) is -0.755. The molecule has 2 heterocycles. The number of hydrogen-bond acceptors (Lipinski definition) is 4. The van der Waals surface area contributed by atoms with Crippen molar-refractivity contribution in [2.45, 2.75) is 13.0 Å². The summed E-state index contributed by atoms with van der Waals surface area (Å²) < 4.78 is 1.60. The van der Waals surface area contributed by atoms with E-state index in [1.807, 2.05) is 55.4 Å². The van der Waals surface area contributed by atoms with Gasteiger partial charge >= 0.3 is 0 Å². The summed E-state index contributed by atoms with van der Waals surface area (Å²) in [7, 11) is 5.49. The van der Waals surface area contributed by atoms with E-state index in [4.69, 9.17) is 0 Å². The molecule has 0 radical (unpaired) electrons. The molecule has 0 atom stereocenters. The zero-order chi connectivity index (χ0) is 19.3. The Bertz CT molecular complexity index is 1110. The van der Waals surface area contributed by atoms with Crippen LogP contribution < -0.4 is 15.4 Å². The summed E-state index contributed by atoms with van der Waals surface area (Å²) in [4.78, 5) is 29.4. The largest absolute Gasteiger partial charge is 0.506 e. The molecule has 1 aliphatic heterocycles. The van der Waals surface area contributed by atoms with E-state index in [9.17, 15) is 14.7 Å². The first kappa shape index (κ1) is 17.1. The molecule has 1 amide bonds. The summed E-state index contributed by atoms with van der Waals surface area (Å²) in [6.07, 6.45) is 0.728. The number of amides is 1. The third-order valence-electron chi connectivity index (χ3n) is 5.22. The number of aryl methyl sites for hydroxylation is 2. The molecule has 6 nitrogen and oxygen atoms in total. The predicted molar refractivity (Wildman–Crippen MR) is 107 cm³/mol. The van der Waals surface area contributed by atoms with E-state index in [1.54, 1.807) is 17.7 Å². The number of para-hydroxylation sites is 1. The maximum Gasteiger partial charge on any atom is 0.267 e. The molecular formula is C21H21N3O3. The molecule has 1 aromatic heterocycles. The van der Waals surface area contributed by atoms with Gasteiger partial charge in [-0.1, -0.05) is 12.1 Å². The minimum Gasteiger partial charge on any atom is -0.506 e. The van der Waals surface area contributed by atoms with Crippen molar-refractivity contribution in [3.05, 3.63) is 63.9 Å². The van der Waals surface area contributed by atoms with Crippen molar-refractivity contribution < 1.29 is 9.90 Å². The minimum absolute atomic E-state index is 0.180. The highest BCUT2D eigenvalue weighted by atomic mass is 16.3. The Kier molecular flexibility index (Phi) is 3.91. The van der Waals surface area contributed by atoms with Crippen LogP contribution in [-0.2, 0) is 13.0 Å². The fourth-order valence-corrected chi connectivity index (χ4v) is 3.67. The first-order valence-electron chi connectivity index (χ1n) is 8.83. The average molecular weight is 363 g/mol. The summed E-state index contributed by atoms with van der Waals surface area (Å²) in [5.41, 5.74) is 2.79. The molecule has 3 aromatic rings. The molecule has 0 saturated carbocycles. The van der Waals surface area contributed by atoms with Gasteiger partial charge in [0.1, 0.15) is 11.3 Å². The third-order valence-corrected chi connectivity index (χ3v) is 5.22. The summed E-state index contributed by atoms with van der Waals surface area (Å²) in [6, 6.07) is 13.0. The number of pyridine rings is 1. The Morgan fingerprint density at radius 2 is 1.70 bits per heavy atom. The van der Waals surface area contributed by atoms with Crippen LogP contribution in [0.15, 0.2) is 47.3 Å². The van der Waals surface area contributed by atoms with Crippen molar-refractivity contribution >= 4 is 28.2 Å². The van der Waals surface area contributed by atoms with Gasteiger partial charge in [-0.15, -0.1) is 0 Å². The van der Waals surface area contributed by atoms with Crippen molar-refractivity contribution in [3.63, 3.8) is 0 Å². The molecule has 0 fully saturated rings. The molecule has 2 aromatic carbocycles.